The molecule has 1 unspecified atom stereocenters. The lowest BCUT2D eigenvalue weighted by Crippen LogP contribution is -2.18. The molecule has 0 amide bonds. The summed E-state index contributed by atoms with van der Waals surface area (Å²) < 4.78 is 0. The van der Waals surface area contributed by atoms with E-state index in [4.69, 9.17) is 5.11 Å². The highest BCUT2D eigenvalue weighted by atomic mass is 16.3. The van der Waals surface area contributed by atoms with E-state index in [-0.39, 0.29) is 12.2 Å². The average Bonchev–Trinajstić information content (AvgIpc) is 2.17. The second-order valence-corrected chi connectivity index (χ2v) is 2.53. The molecule has 63 valence electrons. The number of hydrogen-bond donors (Lipinski definition) is 1. The van der Waals surface area contributed by atoms with Gasteiger partial charge in [0.1, 0.15) is 6.10 Å². The number of carbonyl (C=O) groups excluding carboxylic acids is 1. The lowest BCUT2D eigenvalue weighted by molar-refractivity contribution is 0.0752. The first-order chi connectivity index (χ1) is 5.75. The first-order valence-corrected chi connectivity index (χ1v) is 3.82. The van der Waals surface area contributed by atoms with Crippen LogP contribution < -0.4 is 0 Å². The number of hydrogen-bond acceptors (Lipinski definition) is 2. The van der Waals surface area contributed by atoms with E-state index in [1.165, 1.54) is 0 Å². The Balaban J connectivity index is 2.79. The van der Waals surface area contributed by atoms with E-state index in [9.17, 15) is 4.79 Å². The van der Waals surface area contributed by atoms with Gasteiger partial charge in [0.15, 0.2) is 5.78 Å². The molecule has 0 fully saturated rings. The van der Waals surface area contributed by atoms with Gasteiger partial charge in [-0.2, -0.15) is 0 Å². The van der Waals surface area contributed by atoms with E-state index in [0.29, 0.717) is 5.56 Å². The fraction of sp³-hybridized carbons (Fsp3) is 0.200. The van der Waals surface area contributed by atoms with Gasteiger partial charge in [-0.25, -0.2) is 0 Å². The van der Waals surface area contributed by atoms with Crippen LogP contribution in [0, 0.1) is 6.92 Å². The number of benzene rings is 1. The smallest absolute Gasteiger partial charge is 0.191 e. The van der Waals surface area contributed by atoms with Crippen molar-refractivity contribution >= 4 is 5.78 Å². The van der Waals surface area contributed by atoms with Gasteiger partial charge < -0.3 is 5.11 Å². The zero-order valence-electron chi connectivity index (χ0n) is 6.73. The van der Waals surface area contributed by atoms with Crippen LogP contribution >= 0.6 is 0 Å². The van der Waals surface area contributed by atoms with Crippen molar-refractivity contribution in [3.63, 3.8) is 0 Å². The minimum atomic E-state index is -0.965. The number of rotatable bonds is 3. The predicted octanol–water partition coefficient (Wildman–Crippen LogP) is 1.45. The zero-order chi connectivity index (χ0) is 8.97. The molecule has 0 saturated heterocycles. The summed E-state index contributed by atoms with van der Waals surface area (Å²) >= 11 is 0. The van der Waals surface area contributed by atoms with Crippen LogP contribution in [0.2, 0.25) is 0 Å². The highest BCUT2D eigenvalue weighted by Gasteiger charge is 2.13. The molecule has 0 aromatic heterocycles. The number of Topliss-reactive ketones (excluding diaryl/α,β-unsaturated/α-hetero) is 1. The molecule has 1 aromatic carbocycles. The molecule has 1 aromatic rings. The number of carbonyl (C=O) groups is 1. The Morgan fingerprint density at radius 1 is 1.42 bits per heavy atom. The summed E-state index contributed by atoms with van der Waals surface area (Å²) in [6.07, 6.45) is -0.749. The number of ketones is 1. The summed E-state index contributed by atoms with van der Waals surface area (Å²) in [6.45, 7) is 3.46. The molecular weight excluding hydrogens is 152 g/mol. The standard InChI is InChI=1S/C10H11O2/c1-2-9(11)10(12)8-6-4-3-5-7-8/h3-7,9,11H,1-2H2. The largest absolute Gasteiger partial charge is 0.385 e. The average molecular weight is 163 g/mol. The maximum atomic E-state index is 11.3. The Morgan fingerprint density at radius 2 is 2.00 bits per heavy atom. The normalized spacial score (nSPS) is 12.5. The Kier molecular flexibility index (Phi) is 3.00. The second kappa shape index (κ2) is 4.02. The Morgan fingerprint density at radius 3 is 2.50 bits per heavy atom. The Bertz CT molecular complexity index is 254. The Labute approximate surface area is 71.8 Å². The van der Waals surface area contributed by atoms with Gasteiger partial charge in [0.2, 0.25) is 0 Å². The molecule has 0 spiro atoms. The van der Waals surface area contributed by atoms with Crippen molar-refractivity contribution in [1.82, 2.24) is 0 Å². The van der Waals surface area contributed by atoms with Crippen molar-refractivity contribution in [3.8, 4) is 0 Å². The lowest BCUT2D eigenvalue weighted by atomic mass is 10.1. The molecule has 2 nitrogen and oxygen atoms in total. The van der Waals surface area contributed by atoms with Crippen LogP contribution in [0.1, 0.15) is 16.8 Å². The fourth-order valence-corrected chi connectivity index (χ4v) is 0.926. The van der Waals surface area contributed by atoms with Gasteiger partial charge in [0.05, 0.1) is 0 Å². The van der Waals surface area contributed by atoms with Crippen molar-refractivity contribution in [3.05, 3.63) is 42.8 Å². The predicted molar refractivity (Wildman–Crippen MR) is 46.8 cm³/mol. The third-order valence-electron chi connectivity index (χ3n) is 1.63. The highest BCUT2D eigenvalue weighted by Crippen LogP contribution is 2.04. The maximum Gasteiger partial charge on any atom is 0.191 e. The maximum absolute atomic E-state index is 11.3. The molecule has 0 bridgehead atoms. The van der Waals surface area contributed by atoms with Gasteiger partial charge in [-0.1, -0.05) is 37.3 Å². The topological polar surface area (TPSA) is 37.3 Å². The summed E-state index contributed by atoms with van der Waals surface area (Å²) in [4.78, 5) is 11.3. The monoisotopic (exact) mass is 163 g/mol. The zero-order valence-corrected chi connectivity index (χ0v) is 6.73. The van der Waals surface area contributed by atoms with E-state index in [0.717, 1.165) is 0 Å². The van der Waals surface area contributed by atoms with Crippen molar-refractivity contribution < 1.29 is 9.90 Å². The summed E-state index contributed by atoms with van der Waals surface area (Å²) in [5.74, 6) is -0.259. The minimum Gasteiger partial charge on any atom is -0.385 e. The van der Waals surface area contributed by atoms with Crippen LogP contribution in [0.4, 0.5) is 0 Å². The Hall–Kier alpha value is -1.15. The van der Waals surface area contributed by atoms with Crippen LogP contribution in [0.15, 0.2) is 30.3 Å². The van der Waals surface area contributed by atoms with E-state index in [1.54, 1.807) is 24.3 Å². The van der Waals surface area contributed by atoms with Crippen LogP contribution in [0.5, 0.6) is 0 Å². The summed E-state index contributed by atoms with van der Waals surface area (Å²) in [7, 11) is 0. The third-order valence-corrected chi connectivity index (χ3v) is 1.63. The number of aliphatic hydroxyl groups excluding tert-OH is 1. The SMILES string of the molecule is [CH2]CC(O)C(=O)c1ccccc1. The van der Waals surface area contributed by atoms with Gasteiger partial charge in [-0.15, -0.1) is 0 Å². The van der Waals surface area contributed by atoms with Gasteiger partial charge in [0, 0.05) is 5.56 Å². The van der Waals surface area contributed by atoms with E-state index >= 15 is 0 Å². The molecule has 0 aliphatic carbocycles. The fourth-order valence-electron chi connectivity index (χ4n) is 0.926. The third kappa shape index (κ3) is 1.92. The molecule has 1 radical (unpaired) electrons. The quantitative estimate of drug-likeness (QED) is 0.685. The lowest BCUT2D eigenvalue weighted by Gasteiger charge is -2.05. The first-order valence-electron chi connectivity index (χ1n) is 3.82. The second-order valence-electron chi connectivity index (χ2n) is 2.53. The van der Waals surface area contributed by atoms with Gasteiger partial charge >= 0.3 is 0 Å². The van der Waals surface area contributed by atoms with Crippen molar-refractivity contribution in [2.45, 2.75) is 12.5 Å². The van der Waals surface area contributed by atoms with E-state index in [2.05, 4.69) is 6.92 Å². The molecule has 1 atom stereocenters. The molecule has 0 heterocycles. The van der Waals surface area contributed by atoms with Crippen LogP contribution in [-0.2, 0) is 0 Å². The molecule has 2 heteroatoms. The summed E-state index contributed by atoms with van der Waals surface area (Å²) in [5, 5.41) is 9.17. The highest BCUT2D eigenvalue weighted by molar-refractivity contribution is 5.99. The summed E-state index contributed by atoms with van der Waals surface area (Å²) in [6, 6.07) is 8.72. The van der Waals surface area contributed by atoms with Crippen molar-refractivity contribution in [2.24, 2.45) is 0 Å². The molecular formula is C10H11O2. The van der Waals surface area contributed by atoms with E-state index in [1.807, 2.05) is 6.07 Å². The van der Waals surface area contributed by atoms with Crippen LogP contribution in [-0.4, -0.2) is 17.0 Å². The van der Waals surface area contributed by atoms with Crippen LogP contribution in [0.3, 0.4) is 0 Å². The summed E-state index contributed by atoms with van der Waals surface area (Å²) in [5.41, 5.74) is 0.536. The van der Waals surface area contributed by atoms with Crippen molar-refractivity contribution in [2.75, 3.05) is 0 Å². The molecule has 0 saturated carbocycles. The first kappa shape index (κ1) is 8.94. The molecule has 1 rings (SSSR count). The molecule has 0 aliphatic heterocycles. The van der Waals surface area contributed by atoms with Gasteiger partial charge in [0.25, 0.3) is 0 Å². The molecule has 12 heavy (non-hydrogen) atoms. The van der Waals surface area contributed by atoms with Crippen molar-refractivity contribution in [1.29, 1.82) is 0 Å². The minimum absolute atomic E-state index is 0.216. The van der Waals surface area contributed by atoms with Gasteiger partial charge in [-0.3, -0.25) is 4.79 Å². The molecule has 1 N–H and O–H groups in total. The van der Waals surface area contributed by atoms with Crippen LogP contribution in [0.25, 0.3) is 0 Å². The molecule has 0 aliphatic rings. The van der Waals surface area contributed by atoms with Gasteiger partial charge in [-0.05, 0) is 6.42 Å². The number of aliphatic hydroxyl groups is 1. The van der Waals surface area contributed by atoms with E-state index < -0.39 is 6.10 Å².